The summed E-state index contributed by atoms with van der Waals surface area (Å²) in [7, 11) is 0. The van der Waals surface area contributed by atoms with Crippen LogP contribution in [0.2, 0.25) is 0 Å². The number of allylic oxidation sites excluding steroid dienone is 1. The number of rotatable bonds is 5. The molecule has 0 saturated carbocycles. The van der Waals surface area contributed by atoms with Gasteiger partial charge in [0.05, 0.1) is 6.07 Å². The van der Waals surface area contributed by atoms with Crippen molar-refractivity contribution in [3.05, 3.63) is 76.9 Å². The molecule has 150 valence electrons. The molecule has 3 heteroatoms. The summed E-state index contributed by atoms with van der Waals surface area (Å²) < 4.78 is 5.93. The van der Waals surface area contributed by atoms with Gasteiger partial charge in [0, 0.05) is 17.6 Å². The molecule has 0 aromatic heterocycles. The van der Waals surface area contributed by atoms with E-state index in [0.717, 1.165) is 28.7 Å². The van der Waals surface area contributed by atoms with E-state index in [9.17, 15) is 10.1 Å². The second kappa shape index (κ2) is 7.52. The Kier molecular flexibility index (Phi) is 5.41. The first-order chi connectivity index (χ1) is 13.6. The first-order valence-electron chi connectivity index (χ1n) is 10.1. The van der Waals surface area contributed by atoms with E-state index in [1.165, 1.54) is 0 Å². The quantitative estimate of drug-likeness (QED) is 0.367. The third-order valence-electron chi connectivity index (χ3n) is 5.57. The van der Waals surface area contributed by atoms with E-state index in [-0.39, 0.29) is 17.8 Å². The summed E-state index contributed by atoms with van der Waals surface area (Å²) in [4.78, 5) is 13.4. The van der Waals surface area contributed by atoms with Crippen LogP contribution < -0.4 is 4.74 Å². The van der Waals surface area contributed by atoms with Crippen LogP contribution in [0, 0.1) is 17.2 Å². The minimum absolute atomic E-state index is 0.0823. The summed E-state index contributed by atoms with van der Waals surface area (Å²) in [6, 6.07) is 16.0. The Labute approximate surface area is 174 Å². The van der Waals surface area contributed by atoms with E-state index < -0.39 is 5.41 Å². The molecule has 0 radical (unpaired) electrons. The van der Waals surface area contributed by atoms with Gasteiger partial charge in [-0.25, -0.2) is 0 Å². The van der Waals surface area contributed by atoms with Crippen molar-refractivity contribution in [1.29, 1.82) is 5.26 Å². The second-order valence-corrected chi connectivity index (χ2v) is 9.41. The van der Waals surface area contributed by atoms with Crippen LogP contribution in [-0.2, 0) is 22.0 Å². The molecule has 29 heavy (non-hydrogen) atoms. The van der Waals surface area contributed by atoms with Gasteiger partial charge >= 0.3 is 5.97 Å². The predicted octanol–water partition coefficient (Wildman–Crippen LogP) is 5.86. The fourth-order valence-electron chi connectivity index (χ4n) is 4.07. The van der Waals surface area contributed by atoms with Crippen molar-refractivity contribution in [2.24, 2.45) is 5.92 Å². The Morgan fingerprint density at radius 2 is 1.86 bits per heavy atom. The van der Waals surface area contributed by atoms with Gasteiger partial charge in [-0.3, -0.25) is 4.79 Å². The molecule has 3 nitrogen and oxygen atoms in total. The first kappa shape index (κ1) is 20.9. The highest BCUT2D eigenvalue weighted by molar-refractivity contribution is 5.95. The van der Waals surface area contributed by atoms with E-state index in [0.29, 0.717) is 17.2 Å². The third kappa shape index (κ3) is 3.72. The van der Waals surface area contributed by atoms with Crippen LogP contribution in [-0.4, -0.2) is 5.97 Å². The summed E-state index contributed by atoms with van der Waals surface area (Å²) in [5.41, 5.74) is 3.14. The average Bonchev–Trinajstić information content (AvgIpc) is 2.94. The molecule has 3 rings (SSSR count). The topological polar surface area (TPSA) is 50.1 Å². The number of benzene rings is 2. The van der Waals surface area contributed by atoms with Gasteiger partial charge in [0.2, 0.25) is 0 Å². The SMILES string of the molecule is C=C(C#N)CC1(c2ccccc2)C(=O)Oc2c(CC(C)C)cc(C(C)(C)C)cc21. The van der Waals surface area contributed by atoms with Crippen molar-refractivity contribution in [3.8, 4) is 11.8 Å². The summed E-state index contributed by atoms with van der Waals surface area (Å²) in [6.07, 6.45) is 1.04. The lowest BCUT2D eigenvalue weighted by atomic mass is 9.69. The third-order valence-corrected chi connectivity index (χ3v) is 5.57. The zero-order valence-electron chi connectivity index (χ0n) is 18.0. The fourth-order valence-corrected chi connectivity index (χ4v) is 4.07. The van der Waals surface area contributed by atoms with E-state index in [2.05, 4.69) is 59.4 Å². The van der Waals surface area contributed by atoms with Crippen LogP contribution >= 0.6 is 0 Å². The first-order valence-corrected chi connectivity index (χ1v) is 10.1. The summed E-state index contributed by atoms with van der Waals surface area (Å²) >= 11 is 0. The smallest absolute Gasteiger partial charge is 0.327 e. The Morgan fingerprint density at radius 3 is 2.41 bits per heavy atom. The molecule has 1 aliphatic heterocycles. The molecular formula is C26H29NO2. The maximum atomic E-state index is 13.4. The lowest BCUT2D eigenvalue weighted by Gasteiger charge is -2.28. The van der Waals surface area contributed by atoms with Crippen molar-refractivity contribution < 1.29 is 9.53 Å². The summed E-state index contributed by atoms with van der Waals surface area (Å²) in [6.45, 7) is 14.7. The zero-order valence-corrected chi connectivity index (χ0v) is 18.0. The van der Waals surface area contributed by atoms with E-state index >= 15 is 0 Å². The fraction of sp³-hybridized carbons (Fsp3) is 0.385. The highest BCUT2D eigenvalue weighted by Crippen LogP contribution is 2.51. The number of nitriles is 1. The molecule has 1 unspecified atom stereocenters. The van der Waals surface area contributed by atoms with Crippen molar-refractivity contribution in [2.45, 2.75) is 58.3 Å². The van der Waals surface area contributed by atoms with Crippen molar-refractivity contribution in [2.75, 3.05) is 0 Å². The summed E-state index contributed by atoms with van der Waals surface area (Å²) in [5, 5.41) is 9.45. The predicted molar refractivity (Wildman–Crippen MR) is 116 cm³/mol. The Bertz CT molecular complexity index is 990. The van der Waals surface area contributed by atoms with Gasteiger partial charge in [0.1, 0.15) is 11.2 Å². The van der Waals surface area contributed by atoms with Gasteiger partial charge in [-0.2, -0.15) is 5.26 Å². The van der Waals surface area contributed by atoms with Crippen LogP contribution in [0.15, 0.2) is 54.6 Å². The van der Waals surface area contributed by atoms with Crippen LogP contribution in [0.5, 0.6) is 5.75 Å². The minimum Gasteiger partial charge on any atom is -0.425 e. The van der Waals surface area contributed by atoms with Crippen LogP contribution in [0.4, 0.5) is 0 Å². The molecule has 0 aliphatic carbocycles. The monoisotopic (exact) mass is 387 g/mol. The summed E-state index contributed by atoms with van der Waals surface area (Å²) in [5.74, 6) is 0.756. The van der Waals surface area contributed by atoms with Crippen LogP contribution in [0.1, 0.15) is 63.3 Å². The Balaban J connectivity index is 2.36. The highest BCUT2D eigenvalue weighted by atomic mass is 16.5. The van der Waals surface area contributed by atoms with Crippen molar-refractivity contribution in [1.82, 2.24) is 0 Å². The maximum absolute atomic E-state index is 13.4. The van der Waals surface area contributed by atoms with Gasteiger partial charge < -0.3 is 4.74 Å². The van der Waals surface area contributed by atoms with Gasteiger partial charge in [-0.15, -0.1) is 0 Å². The molecule has 0 fully saturated rings. The number of hydrogen-bond acceptors (Lipinski definition) is 3. The maximum Gasteiger partial charge on any atom is 0.327 e. The molecule has 1 atom stereocenters. The Morgan fingerprint density at radius 1 is 1.21 bits per heavy atom. The van der Waals surface area contributed by atoms with Crippen molar-refractivity contribution >= 4 is 5.97 Å². The second-order valence-electron chi connectivity index (χ2n) is 9.41. The van der Waals surface area contributed by atoms with Gasteiger partial charge in [0.25, 0.3) is 0 Å². The van der Waals surface area contributed by atoms with Gasteiger partial charge in [-0.1, -0.05) is 83.7 Å². The molecule has 1 aliphatic rings. The number of ether oxygens (including phenoxy) is 1. The molecule has 2 aromatic rings. The molecule has 1 heterocycles. The van der Waals surface area contributed by atoms with Crippen molar-refractivity contribution in [3.63, 3.8) is 0 Å². The zero-order chi connectivity index (χ0) is 21.4. The molecule has 0 bridgehead atoms. The number of nitrogens with zero attached hydrogens (tertiary/aromatic N) is 1. The minimum atomic E-state index is -1.05. The van der Waals surface area contributed by atoms with Crippen LogP contribution in [0.3, 0.4) is 0 Å². The van der Waals surface area contributed by atoms with Crippen LogP contribution in [0.25, 0.3) is 0 Å². The van der Waals surface area contributed by atoms with E-state index in [1.54, 1.807) is 0 Å². The Hall–Kier alpha value is -2.86. The molecule has 2 aromatic carbocycles. The van der Waals surface area contributed by atoms with Gasteiger partial charge in [-0.05, 0) is 34.4 Å². The largest absolute Gasteiger partial charge is 0.425 e. The average molecular weight is 388 g/mol. The number of fused-ring (bicyclic) bond motifs is 1. The molecule has 0 spiro atoms. The number of esters is 1. The number of carbonyl (C=O) groups is 1. The number of hydrogen-bond donors (Lipinski definition) is 0. The van der Waals surface area contributed by atoms with E-state index in [1.807, 2.05) is 30.3 Å². The lowest BCUT2D eigenvalue weighted by Crippen LogP contribution is -2.35. The highest BCUT2D eigenvalue weighted by Gasteiger charge is 2.52. The molecule has 0 saturated heterocycles. The van der Waals surface area contributed by atoms with E-state index in [4.69, 9.17) is 4.74 Å². The van der Waals surface area contributed by atoms with Gasteiger partial charge in [0.15, 0.2) is 0 Å². The molecular weight excluding hydrogens is 358 g/mol. The normalized spacial score (nSPS) is 18.3. The molecule has 0 amide bonds. The lowest BCUT2D eigenvalue weighted by molar-refractivity contribution is -0.136. The number of carbonyl (C=O) groups excluding carboxylic acids is 1. The standard InChI is InChI=1S/C26H29NO2/c1-17(2)12-19-13-21(25(4,5)6)14-22-23(19)29-24(28)26(22,15-18(3)16-27)20-10-8-7-9-11-20/h7-11,13-14,17H,3,12,15H2,1-2,4-6H3. The molecule has 0 N–H and O–H groups in total.